The number of hydrogen-bond acceptors (Lipinski definition) is 0. The van der Waals surface area contributed by atoms with Gasteiger partial charge in [-0.15, -0.1) is 0 Å². The molecule has 0 spiro atoms. The van der Waals surface area contributed by atoms with Crippen LogP contribution in [0, 0.1) is 6.92 Å². The Hall–Kier alpha value is -0.131. The van der Waals surface area contributed by atoms with Crippen molar-refractivity contribution < 1.29 is 18.9 Å². The Morgan fingerprint density at radius 2 is 1.62 bits per heavy atom. The molecule has 0 aromatic heterocycles. The third kappa shape index (κ3) is 1.43. The van der Waals surface area contributed by atoms with Crippen LogP contribution in [0.1, 0.15) is 5.56 Å². The molecule has 0 radical (unpaired) electrons. The molecule has 0 nitrogen and oxygen atoms in total. The van der Waals surface area contributed by atoms with Crippen LogP contribution in [0.2, 0.25) is 0 Å². The molecular formula is C7H7Ir. The minimum absolute atomic E-state index is 1.33. The Morgan fingerprint density at radius 1 is 1.12 bits per heavy atom. The molecule has 0 aliphatic carbocycles. The van der Waals surface area contributed by atoms with Crippen LogP contribution in [-0.2, 0) is 18.9 Å². The summed E-state index contributed by atoms with van der Waals surface area (Å²) in [5, 5.41) is 0. The van der Waals surface area contributed by atoms with Crippen molar-refractivity contribution in [3.8, 4) is 0 Å². The summed E-state index contributed by atoms with van der Waals surface area (Å²) in [4.78, 5) is 0. The van der Waals surface area contributed by atoms with Crippen LogP contribution in [0.5, 0.6) is 0 Å². The molecule has 0 N–H and O–H groups in total. The van der Waals surface area contributed by atoms with Gasteiger partial charge in [0.1, 0.15) is 0 Å². The van der Waals surface area contributed by atoms with Crippen molar-refractivity contribution >= 4 is 4.08 Å². The molecule has 0 atom stereocenters. The van der Waals surface area contributed by atoms with E-state index in [-0.39, 0.29) is 0 Å². The predicted molar refractivity (Wildman–Crippen MR) is 30.8 cm³/mol. The van der Waals surface area contributed by atoms with Gasteiger partial charge in [0.15, 0.2) is 0 Å². The van der Waals surface area contributed by atoms with Gasteiger partial charge >= 0.3 is 59.7 Å². The van der Waals surface area contributed by atoms with Crippen LogP contribution in [0.15, 0.2) is 24.3 Å². The molecule has 8 heavy (non-hydrogen) atoms. The Morgan fingerprint density at radius 3 is 2.00 bits per heavy atom. The van der Waals surface area contributed by atoms with E-state index in [9.17, 15) is 0 Å². The van der Waals surface area contributed by atoms with E-state index in [1.54, 1.807) is 0 Å². The molecule has 1 rings (SSSR count). The molecule has 0 aliphatic rings. The summed E-state index contributed by atoms with van der Waals surface area (Å²) in [7, 11) is 0. The first-order chi connectivity index (χ1) is 3.79. The van der Waals surface area contributed by atoms with Crippen LogP contribution in [0.25, 0.3) is 0 Å². The first-order valence-electron chi connectivity index (χ1n) is 2.49. The van der Waals surface area contributed by atoms with E-state index in [4.69, 9.17) is 0 Å². The first-order valence-corrected chi connectivity index (χ1v) is 3.69. The average molecular weight is 283 g/mol. The molecule has 0 amide bonds. The predicted octanol–water partition coefficient (Wildman–Crippen LogP) is 1.17. The van der Waals surface area contributed by atoms with Gasteiger partial charge in [0.25, 0.3) is 0 Å². The number of hydrogen-bond donors (Lipinski definition) is 0. The maximum atomic E-state index is 2.12. The fraction of sp³-hybridized carbons (Fsp3) is 0.143. The van der Waals surface area contributed by atoms with Gasteiger partial charge in [0.2, 0.25) is 0 Å². The fourth-order valence-corrected chi connectivity index (χ4v) is 0.925. The average Bonchev–Trinajstić information content (AvgIpc) is 1.77. The van der Waals surface area contributed by atoms with Gasteiger partial charge in [-0.2, -0.15) is 0 Å². The van der Waals surface area contributed by atoms with Crippen LogP contribution < -0.4 is 4.08 Å². The summed E-state index contributed by atoms with van der Waals surface area (Å²) in [6.45, 7) is 2.10. The summed E-state index contributed by atoms with van der Waals surface area (Å²) in [5.74, 6) is 0. The summed E-state index contributed by atoms with van der Waals surface area (Å²) in [6.07, 6.45) is 0. The van der Waals surface area contributed by atoms with Crippen molar-refractivity contribution in [3.05, 3.63) is 29.8 Å². The van der Waals surface area contributed by atoms with E-state index >= 15 is 0 Å². The van der Waals surface area contributed by atoms with Gasteiger partial charge in [-0.05, 0) is 0 Å². The van der Waals surface area contributed by atoms with Crippen molar-refractivity contribution in [3.63, 3.8) is 0 Å². The van der Waals surface area contributed by atoms with Crippen molar-refractivity contribution in [1.29, 1.82) is 0 Å². The van der Waals surface area contributed by atoms with Crippen LogP contribution in [-0.4, -0.2) is 0 Å². The molecular weight excluding hydrogens is 276 g/mol. The molecule has 0 saturated carbocycles. The topological polar surface area (TPSA) is 0 Å². The van der Waals surface area contributed by atoms with Gasteiger partial charge < -0.3 is 0 Å². The van der Waals surface area contributed by atoms with Crippen molar-refractivity contribution in [2.75, 3.05) is 0 Å². The van der Waals surface area contributed by atoms with E-state index in [2.05, 4.69) is 50.1 Å². The molecule has 0 saturated heterocycles. The standard InChI is InChI=1S/C7H7.Ir/c1-7-5-3-2-4-6-7;/h3-6H,1H3;. The van der Waals surface area contributed by atoms with Crippen LogP contribution in [0.4, 0.5) is 0 Å². The molecule has 1 aromatic carbocycles. The summed E-state index contributed by atoms with van der Waals surface area (Å²) >= 11 is 2.10. The molecule has 1 heteroatoms. The molecule has 0 fully saturated rings. The molecule has 1 aromatic rings. The monoisotopic (exact) mass is 284 g/mol. The molecule has 0 heterocycles. The minimum atomic E-state index is 1.33. The van der Waals surface area contributed by atoms with Crippen molar-refractivity contribution in [2.45, 2.75) is 6.92 Å². The zero-order chi connectivity index (χ0) is 5.98. The quantitative estimate of drug-likeness (QED) is 0.670. The number of rotatable bonds is 0. The third-order valence-corrected chi connectivity index (χ3v) is 1.79. The Balaban J connectivity index is 3.03. The molecule has 0 unspecified atom stereocenters. The zero-order valence-corrected chi connectivity index (χ0v) is 7.04. The van der Waals surface area contributed by atoms with E-state index in [0.29, 0.717) is 0 Å². The van der Waals surface area contributed by atoms with Gasteiger partial charge in [-0.25, -0.2) is 0 Å². The second-order valence-electron chi connectivity index (χ2n) is 1.77. The first kappa shape index (κ1) is 6.00. The van der Waals surface area contributed by atoms with E-state index in [0.717, 1.165) is 0 Å². The van der Waals surface area contributed by atoms with Gasteiger partial charge in [-0.1, -0.05) is 0 Å². The normalized spacial score (nSPS) is 9.38. The van der Waals surface area contributed by atoms with Gasteiger partial charge in [-0.3, -0.25) is 0 Å². The summed E-state index contributed by atoms with van der Waals surface area (Å²) in [6, 6.07) is 8.48. The van der Waals surface area contributed by atoms with Crippen molar-refractivity contribution in [2.24, 2.45) is 0 Å². The second kappa shape index (κ2) is 2.43. The zero-order valence-electron chi connectivity index (χ0n) is 4.64. The molecule has 0 aliphatic heterocycles. The Labute approximate surface area is 60.1 Å². The van der Waals surface area contributed by atoms with Crippen LogP contribution >= 0.6 is 0 Å². The SMILES string of the molecule is Cc1cc[c]([Ir])cc1. The maximum absolute atomic E-state index is 2.12. The Bertz CT molecular complexity index is 143. The van der Waals surface area contributed by atoms with Crippen molar-refractivity contribution in [1.82, 2.24) is 0 Å². The Kier molecular flexibility index (Phi) is 1.82. The molecule has 44 valence electrons. The molecule has 0 bridgehead atoms. The van der Waals surface area contributed by atoms with Gasteiger partial charge in [0.05, 0.1) is 0 Å². The second-order valence-corrected chi connectivity index (χ2v) is 3.15. The van der Waals surface area contributed by atoms with E-state index in [1.165, 1.54) is 9.64 Å². The number of aryl methyl sites for hydroxylation is 1. The summed E-state index contributed by atoms with van der Waals surface area (Å²) in [5.41, 5.74) is 1.33. The summed E-state index contributed by atoms with van der Waals surface area (Å²) < 4.78 is 1.33. The van der Waals surface area contributed by atoms with Crippen LogP contribution in [0.3, 0.4) is 0 Å². The van der Waals surface area contributed by atoms with E-state index < -0.39 is 0 Å². The number of benzene rings is 1. The third-order valence-electron chi connectivity index (χ3n) is 0.996. The van der Waals surface area contributed by atoms with Gasteiger partial charge in [0, 0.05) is 0 Å². The van der Waals surface area contributed by atoms with E-state index in [1.807, 2.05) is 0 Å². The fourth-order valence-electron chi connectivity index (χ4n) is 0.526.